The van der Waals surface area contributed by atoms with Gasteiger partial charge in [-0.1, -0.05) is 6.42 Å². The van der Waals surface area contributed by atoms with E-state index in [1.807, 2.05) is 0 Å². The van der Waals surface area contributed by atoms with E-state index >= 15 is 0 Å². The predicted octanol–water partition coefficient (Wildman–Crippen LogP) is 2.23. The minimum absolute atomic E-state index is 0.387. The number of carbonyl (C=O) groups excluding carboxylic acids is 1. The van der Waals surface area contributed by atoms with Gasteiger partial charge >= 0.3 is 5.97 Å². The summed E-state index contributed by atoms with van der Waals surface area (Å²) in [7, 11) is 1.35. The highest BCUT2D eigenvalue weighted by Crippen LogP contribution is 2.29. The van der Waals surface area contributed by atoms with Crippen LogP contribution in [-0.2, 0) is 4.74 Å². The Bertz CT molecular complexity index is 413. The van der Waals surface area contributed by atoms with Crippen molar-refractivity contribution >= 4 is 11.7 Å². The number of rotatable bonds is 4. The van der Waals surface area contributed by atoms with E-state index < -0.39 is 0 Å². The molecule has 1 aliphatic rings. The minimum atomic E-state index is -0.387. The van der Waals surface area contributed by atoms with Gasteiger partial charge in [0.15, 0.2) is 0 Å². The Morgan fingerprint density at radius 2 is 2.24 bits per heavy atom. The molecule has 4 heteroatoms. The molecule has 17 heavy (non-hydrogen) atoms. The summed E-state index contributed by atoms with van der Waals surface area (Å²) in [6.45, 7) is 0.710. The van der Waals surface area contributed by atoms with Gasteiger partial charge in [0.2, 0.25) is 0 Å². The third-order valence-corrected chi connectivity index (χ3v) is 3.13. The van der Waals surface area contributed by atoms with Crippen molar-refractivity contribution in [1.82, 2.24) is 0 Å². The molecular formula is C13H17NO3. The zero-order valence-electron chi connectivity index (χ0n) is 9.94. The summed E-state index contributed by atoms with van der Waals surface area (Å²) in [4.78, 5) is 11.3. The Hall–Kier alpha value is -1.71. The molecular weight excluding hydrogens is 218 g/mol. The molecule has 2 rings (SSSR count). The fraction of sp³-hybridized carbons (Fsp3) is 0.462. The second-order valence-corrected chi connectivity index (χ2v) is 4.35. The maximum Gasteiger partial charge on any atom is 0.337 e. The van der Waals surface area contributed by atoms with Crippen molar-refractivity contribution in [3.63, 3.8) is 0 Å². The third-order valence-electron chi connectivity index (χ3n) is 3.13. The van der Waals surface area contributed by atoms with Crippen LogP contribution in [0.5, 0.6) is 5.75 Å². The fourth-order valence-corrected chi connectivity index (χ4v) is 1.79. The van der Waals surface area contributed by atoms with Crippen molar-refractivity contribution < 1.29 is 14.3 Å². The van der Waals surface area contributed by atoms with Crippen molar-refractivity contribution in [2.45, 2.75) is 19.3 Å². The maximum atomic E-state index is 11.3. The zero-order valence-corrected chi connectivity index (χ0v) is 9.94. The molecule has 0 aliphatic heterocycles. The van der Waals surface area contributed by atoms with Crippen LogP contribution in [0, 0.1) is 5.92 Å². The van der Waals surface area contributed by atoms with Crippen molar-refractivity contribution in [2.24, 2.45) is 5.92 Å². The normalized spacial score (nSPS) is 15.1. The molecule has 0 aromatic heterocycles. The van der Waals surface area contributed by atoms with Gasteiger partial charge in [-0.3, -0.25) is 0 Å². The molecule has 0 amide bonds. The molecule has 1 saturated carbocycles. The van der Waals surface area contributed by atoms with Crippen LogP contribution in [-0.4, -0.2) is 19.7 Å². The first-order chi connectivity index (χ1) is 8.20. The number of nitrogen functional groups attached to an aromatic ring is 1. The van der Waals surface area contributed by atoms with E-state index in [1.165, 1.54) is 26.4 Å². The molecule has 0 atom stereocenters. The fourth-order valence-electron chi connectivity index (χ4n) is 1.79. The standard InChI is InChI=1S/C13H17NO3/c1-16-13(15)10-5-6-12(11(14)7-10)17-8-9-3-2-4-9/h5-7,9H,2-4,8,14H2,1H3. The molecule has 1 aromatic rings. The first-order valence-electron chi connectivity index (χ1n) is 5.81. The highest BCUT2D eigenvalue weighted by molar-refractivity contribution is 5.90. The second kappa shape index (κ2) is 5.08. The van der Waals surface area contributed by atoms with E-state index in [0.29, 0.717) is 29.5 Å². The zero-order chi connectivity index (χ0) is 12.3. The minimum Gasteiger partial charge on any atom is -0.491 e. The predicted molar refractivity (Wildman–Crippen MR) is 65.0 cm³/mol. The van der Waals surface area contributed by atoms with E-state index in [9.17, 15) is 4.79 Å². The van der Waals surface area contributed by atoms with Crippen molar-refractivity contribution in [2.75, 3.05) is 19.5 Å². The number of methoxy groups -OCH3 is 1. The molecule has 92 valence electrons. The van der Waals surface area contributed by atoms with Gasteiger partial charge in [-0.25, -0.2) is 4.79 Å². The number of hydrogen-bond acceptors (Lipinski definition) is 4. The number of nitrogens with two attached hydrogens (primary N) is 1. The summed E-state index contributed by atoms with van der Waals surface area (Å²) >= 11 is 0. The summed E-state index contributed by atoms with van der Waals surface area (Å²) in [5.41, 5.74) is 6.75. The molecule has 1 fully saturated rings. The summed E-state index contributed by atoms with van der Waals surface area (Å²) in [6.07, 6.45) is 3.77. The first-order valence-corrected chi connectivity index (χ1v) is 5.81. The number of anilines is 1. The molecule has 0 saturated heterocycles. The van der Waals surface area contributed by atoms with Gasteiger partial charge in [-0.05, 0) is 37.0 Å². The number of benzene rings is 1. The highest BCUT2D eigenvalue weighted by atomic mass is 16.5. The number of ether oxygens (including phenoxy) is 2. The van der Waals surface area contributed by atoms with Crippen LogP contribution in [0.1, 0.15) is 29.6 Å². The Kier molecular flexibility index (Phi) is 3.52. The summed E-state index contributed by atoms with van der Waals surface area (Å²) in [5.74, 6) is 0.918. The van der Waals surface area contributed by atoms with E-state index in [-0.39, 0.29) is 5.97 Å². The summed E-state index contributed by atoms with van der Waals surface area (Å²) in [5, 5.41) is 0. The molecule has 0 bridgehead atoms. The van der Waals surface area contributed by atoms with Crippen LogP contribution >= 0.6 is 0 Å². The summed E-state index contributed by atoms with van der Waals surface area (Å²) in [6, 6.07) is 4.97. The molecule has 1 aliphatic carbocycles. The first kappa shape index (κ1) is 11.8. The lowest BCUT2D eigenvalue weighted by Crippen LogP contribution is -2.19. The molecule has 4 nitrogen and oxygen atoms in total. The highest BCUT2D eigenvalue weighted by Gasteiger charge is 2.18. The van der Waals surface area contributed by atoms with E-state index in [0.717, 1.165) is 0 Å². The van der Waals surface area contributed by atoms with Crippen molar-refractivity contribution in [3.05, 3.63) is 23.8 Å². The van der Waals surface area contributed by atoms with Crippen molar-refractivity contribution in [1.29, 1.82) is 0 Å². The van der Waals surface area contributed by atoms with Gasteiger partial charge in [0.1, 0.15) is 5.75 Å². The molecule has 1 aromatic carbocycles. The Labute approximate surface area is 101 Å². The molecule has 0 unspecified atom stereocenters. The topological polar surface area (TPSA) is 61.5 Å². The molecule has 0 heterocycles. The van der Waals surface area contributed by atoms with Crippen LogP contribution in [0.15, 0.2) is 18.2 Å². The van der Waals surface area contributed by atoms with Crippen molar-refractivity contribution in [3.8, 4) is 5.75 Å². The monoisotopic (exact) mass is 235 g/mol. The molecule has 0 radical (unpaired) electrons. The maximum absolute atomic E-state index is 11.3. The second-order valence-electron chi connectivity index (χ2n) is 4.35. The largest absolute Gasteiger partial charge is 0.491 e. The lowest BCUT2D eigenvalue weighted by Gasteiger charge is -2.25. The quantitative estimate of drug-likeness (QED) is 0.642. The van der Waals surface area contributed by atoms with Gasteiger partial charge in [-0.15, -0.1) is 0 Å². The van der Waals surface area contributed by atoms with E-state index in [1.54, 1.807) is 18.2 Å². The molecule has 0 spiro atoms. The average molecular weight is 235 g/mol. The van der Waals surface area contributed by atoms with Crippen LogP contribution in [0.4, 0.5) is 5.69 Å². The van der Waals surface area contributed by atoms with E-state index in [2.05, 4.69) is 4.74 Å². The smallest absolute Gasteiger partial charge is 0.337 e. The van der Waals surface area contributed by atoms with E-state index in [4.69, 9.17) is 10.5 Å². The number of hydrogen-bond donors (Lipinski definition) is 1. The van der Waals surface area contributed by atoms with Crippen LogP contribution in [0.3, 0.4) is 0 Å². The third kappa shape index (κ3) is 2.70. The van der Waals surface area contributed by atoms with Gasteiger partial charge in [0, 0.05) is 0 Å². The Balaban J connectivity index is 2.00. The number of carbonyl (C=O) groups is 1. The molecule has 2 N–H and O–H groups in total. The van der Waals surface area contributed by atoms with Gasteiger partial charge in [-0.2, -0.15) is 0 Å². The number of esters is 1. The summed E-state index contributed by atoms with van der Waals surface area (Å²) < 4.78 is 10.3. The lowest BCUT2D eigenvalue weighted by atomic mass is 9.86. The van der Waals surface area contributed by atoms with Gasteiger partial charge < -0.3 is 15.2 Å². The van der Waals surface area contributed by atoms with Crippen LogP contribution < -0.4 is 10.5 Å². The van der Waals surface area contributed by atoms with Gasteiger partial charge in [0.05, 0.1) is 25.0 Å². The Morgan fingerprint density at radius 1 is 1.47 bits per heavy atom. The van der Waals surface area contributed by atoms with Crippen LogP contribution in [0.25, 0.3) is 0 Å². The van der Waals surface area contributed by atoms with Gasteiger partial charge in [0.25, 0.3) is 0 Å². The lowest BCUT2D eigenvalue weighted by molar-refractivity contribution is 0.0600. The average Bonchev–Trinajstić information content (AvgIpc) is 2.28. The van der Waals surface area contributed by atoms with Crippen LogP contribution in [0.2, 0.25) is 0 Å². The SMILES string of the molecule is COC(=O)c1ccc(OCC2CCC2)c(N)c1. The Morgan fingerprint density at radius 3 is 2.76 bits per heavy atom.